The molecule has 3 aromatic carbocycles. The first-order chi connectivity index (χ1) is 13.9. The van der Waals surface area contributed by atoms with E-state index in [0.29, 0.717) is 13.2 Å². The Kier molecular flexibility index (Phi) is 7.07. The van der Waals surface area contributed by atoms with E-state index in [2.05, 4.69) is 100 Å². The van der Waals surface area contributed by atoms with Gasteiger partial charge in [0.1, 0.15) is 0 Å². The molecular weight excluding hydrogens is 372 g/mol. The van der Waals surface area contributed by atoms with Crippen LogP contribution in [0, 0.1) is 0 Å². The summed E-state index contributed by atoms with van der Waals surface area (Å²) in [6.07, 6.45) is 0.0110. The molecule has 0 heterocycles. The summed E-state index contributed by atoms with van der Waals surface area (Å²) in [7, 11) is -2.50. The topological polar surface area (TPSA) is 18.5 Å². The van der Waals surface area contributed by atoms with E-state index >= 15 is 0 Å². The van der Waals surface area contributed by atoms with Crippen molar-refractivity contribution in [2.45, 2.75) is 45.4 Å². The van der Waals surface area contributed by atoms with E-state index < -0.39 is 8.32 Å². The monoisotopic (exact) mass is 404 g/mol. The molecule has 2 nitrogen and oxygen atoms in total. The predicted octanol–water partition coefficient (Wildman–Crippen LogP) is 5.17. The molecule has 0 aliphatic rings. The van der Waals surface area contributed by atoms with Crippen LogP contribution >= 0.6 is 0 Å². The molecule has 0 saturated carbocycles. The van der Waals surface area contributed by atoms with E-state index in [0.717, 1.165) is 0 Å². The van der Waals surface area contributed by atoms with Gasteiger partial charge in [0.2, 0.25) is 0 Å². The van der Waals surface area contributed by atoms with Crippen molar-refractivity contribution in [1.82, 2.24) is 0 Å². The van der Waals surface area contributed by atoms with Gasteiger partial charge in [-0.05, 0) is 27.9 Å². The quantitative estimate of drug-likeness (QED) is 0.482. The first kappa shape index (κ1) is 21.5. The fraction of sp³-hybridized carbons (Fsp3) is 0.308. The van der Waals surface area contributed by atoms with Crippen LogP contribution < -0.4 is 10.4 Å². The molecule has 1 atom stereocenters. The molecule has 0 fully saturated rings. The normalized spacial score (nSPS) is 13.2. The molecule has 0 spiro atoms. The van der Waals surface area contributed by atoms with Gasteiger partial charge in [-0.2, -0.15) is 0 Å². The van der Waals surface area contributed by atoms with Crippen LogP contribution in [0.15, 0.2) is 91.0 Å². The van der Waals surface area contributed by atoms with Crippen molar-refractivity contribution in [1.29, 1.82) is 0 Å². The Hall–Kier alpha value is -2.20. The Morgan fingerprint density at radius 3 is 1.62 bits per heavy atom. The zero-order valence-electron chi connectivity index (χ0n) is 18.0. The first-order valence-corrected chi connectivity index (χ1v) is 12.2. The fourth-order valence-corrected chi connectivity index (χ4v) is 8.50. The van der Waals surface area contributed by atoms with Crippen LogP contribution in [0.25, 0.3) is 0 Å². The Labute approximate surface area is 176 Å². The molecule has 0 saturated heterocycles. The molecule has 0 aromatic heterocycles. The summed E-state index contributed by atoms with van der Waals surface area (Å²) in [5.41, 5.74) is 1.18. The molecule has 0 bridgehead atoms. The van der Waals surface area contributed by atoms with Gasteiger partial charge in [0.15, 0.2) is 0 Å². The summed E-state index contributed by atoms with van der Waals surface area (Å²) in [5, 5.41) is 2.58. The molecule has 0 aliphatic heterocycles. The average molecular weight is 405 g/mol. The van der Waals surface area contributed by atoms with Gasteiger partial charge in [-0.3, -0.25) is 0 Å². The van der Waals surface area contributed by atoms with Crippen molar-refractivity contribution in [3.63, 3.8) is 0 Å². The average Bonchev–Trinajstić information content (AvgIpc) is 2.74. The first-order valence-electron chi connectivity index (χ1n) is 10.3. The van der Waals surface area contributed by atoms with Crippen LogP contribution in [0.2, 0.25) is 5.04 Å². The van der Waals surface area contributed by atoms with Gasteiger partial charge in [-0.25, -0.2) is 0 Å². The van der Waals surface area contributed by atoms with Crippen LogP contribution in [-0.2, 0) is 15.8 Å². The number of hydrogen-bond donors (Lipinski definition) is 0. The van der Waals surface area contributed by atoms with Gasteiger partial charge >= 0.3 is 0 Å². The van der Waals surface area contributed by atoms with Gasteiger partial charge in [0.25, 0.3) is 8.32 Å². The Morgan fingerprint density at radius 1 is 0.724 bits per heavy atom. The minimum Gasteiger partial charge on any atom is -0.405 e. The lowest BCUT2D eigenvalue weighted by Crippen LogP contribution is -2.67. The summed E-state index contributed by atoms with van der Waals surface area (Å²) in [6, 6.07) is 31.8. The third-order valence-corrected chi connectivity index (χ3v) is 10.3. The lowest BCUT2D eigenvalue weighted by atomic mass is 10.2. The van der Waals surface area contributed by atoms with E-state index in [1.54, 1.807) is 0 Å². The van der Waals surface area contributed by atoms with E-state index in [-0.39, 0.29) is 11.1 Å². The maximum Gasteiger partial charge on any atom is 0.261 e. The highest BCUT2D eigenvalue weighted by Crippen LogP contribution is 2.36. The molecule has 29 heavy (non-hydrogen) atoms. The highest BCUT2D eigenvalue weighted by molar-refractivity contribution is 6.99. The maximum absolute atomic E-state index is 6.93. The van der Waals surface area contributed by atoms with E-state index in [9.17, 15) is 0 Å². The molecule has 3 rings (SSSR count). The molecule has 1 unspecified atom stereocenters. The highest BCUT2D eigenvalue weighted by Gasteiger charge is 2.50. The van der Waals surface area contributed by atoms with Crippen LogP contribution in [0.4, 0.5) is 0 Å². The van der Waals surface area contributed by atoms with Crippen LogP contribution in [0.3, 0.4) is 0 Å². The summed E-state index contributed by atoms with van der Waals surface area (Å²) in [6.45, 7) is 10.2. The zero-order valence-corrected chi connectivity index (χ0v) is 19.0. The summed E-state index contributed by atoms with van der Waals surface area (Å²) in [5.74, 6) is 0. The minimum atomic E-state index is -2.50. The zero-order chi connectivity index (χ0) is 20.7. The summed E-state index contributed by atoms with van der Waals surface area (Å²) < 4.78 is 13.0. The van der Waals surface area contributed by atoms with E-state index in [1.165, 1.54) is 15.9 Å². The van der Waals surface area contributed by atoms with E-state index in [1.807, 2.05) is 18.2 Å². The SMILES string of the molecule is CC(CO[Si](c1ccccc1)(c1ccccc1)C(C)(C)C)OCc1ccccc1. The van der Waals surface area contributed by atoms with Crippen LogP contribution in [0.5, 0.6) is 0 Å². The fourth-order valence-electron chi connectivity index (χ4n) is 3.86. The van der Waals surface area contributed by atoms with Gasteiger partial charge in [-0.1, -0.05) is 112 Å². The summed E-state index contributed by atoms with van der Waals surface area (Å²) >= 11 is 0. The Morgan fingerprint density at radius 2 is 1.17 bits per heavy atom. The molecule has 0 N–H and O–H groups in total. The van der Waals surface area contributed by atoms with Gasteiger partial charge in [0.05, 0.1) is 19.3 Å². The van der Waals surface area contributed by atoms with E-state index in [4.69, 9.17) is 9.16 Å². The van der Waals surface area contributed by atoms with Crippen molar-refractivity contribution in [2.24, 2.45) is 0 Å². The van der Waals surface area contributed by atoms with Crippen molar-refractivity contribution in [3.05, 3.63) is 96.6 Å². The lowest BCUT2D eigenvalue weighted by molar-refractivity contribution is 0.0189. The number of benzene rings is 3. The van der Waals surface area contributed by atoms with Crippen molar-refractivity contribution in [3.8, 4) is 0 Å². The number of ether oxygens (including phenoxy) is 1. The molecule has 152 valence electrons. The second kappa shape index (κ2) is 9.53. The van der Waals surface area contributed by atoms with Crippen LogP contribution in [-0.4, -0.2) is 21.0 Å². The van der Waals surface area contributed by atoms with Crippen molar-refractivity contribution < 1.29 is 9.16 Å². The molecule has 0 amide bonds. The molecule has 0 aliphatic carbocycles. The maximum atomic E-state index is 6.93. The Bertz CT molecular complexity index is 818. The smallest absolute Gasteiger partial charge is 0.261 e. The standard InChI is InChI=1S/C26H32O2Si/c1-22(27-21-23-14-8-5-9-15-23)20-28-29(26(2,3)4,24-16-10-6-11-17-24)25-18-12-7-13-19-25/h5-19,22H,20-21H2,1-4H3. The molecule has 3 heteroatoms. The molecular formula is C26H32O2Si. The third kappa shape index (κ3) is 5.05. The third-order valence-electron chi connectivity index (χ3n) is 5.33. The largest absolute Gasteiger partial charge is 0.405 e. The van der Waals surface area contributed by atoms with Gasteiger partial charge in [-0.15, -0.1) is 0 Å². The predicted molar refractivity (Wildman–Crippen MR) is 124 cm³/mol. The van der Waals surface area contributed by atoms with Crippen LogP contribution in [0.1, 0.15) is 33.3 Å². The molecule has 0 radical (unpaired) electrons. The number of hydrogen-bond acceptors (Lipinski definition) is 2. The van der Waals surface area contributed by atoms with Gasteiger partial charge in [0, 0.05) is 0 Å². The second-order valence-corrected chi connectivity index (χ2v) is 12.9. The minimum absolute atomic E-state index is 0.0110. The highest BCUT2D eigenvalue weighted by atomic mass is 28.4. The number of rotatable bonds is 8. The Balaban J connectivity index is 1.85. The summed E-state index contributed by atoms with van der Waals surface area (Å²) in [4.78, 5) is 0. The second-order valence-electron chi connectivity index (χ2n) is 8.58. The van der Waals surface area contributed by atoms with Gasteiger partial charge < -0.3 is 9.16 Å². The van der Waals surface area contributed by atoms with Crippen molar-refractivity contribution >= 4 is 18.7 Å². The molecule has 3 aromatic rings. The lowest BCUT2D eigenvalue weighted by Gasteiger charge is -2.43. The van der Waals surface area contributed by atoms with Crippen molar-refractivity contribution in [2.75, 3.05) is 6.61 Å².